The van der Waals surface area contributed by atoms with E-state index in [1.807, 2.05) is 6.92 Å². The van der Waals surface area contributed by atoms with E-state index in [9.17, 15) is 4.79 Å². The second-order valence-corrected chi connectivity index (χ2v) is 4.40. The van der Waals surface area contributed by atoms with Crippen LogP contribution in [0.15, 0.2) is 0 Å². The van der Waals surface area contributed by atoms with Crippen molar-refractivity contribution >= 4 is 5.91 Å². The number of nitrogens with zero attached hydrogens (tertiary/aromatic N) is 1. The molecule has 1 heterocycles. The summed E-state index contributed by atoms with van der Waals surface area (Å²) in [5.41, 5.74) is 5.84. The van der Waals surface area contributed by atoms with Crippen molar-refractivity contribution in [3.63, 3.8) is 0 Å². The number of rotatable bonds is 7. The molecule has 0 aromatic heterocycles. The highest BCUT2D eigenvalue weighted by molar-refractivity contribution is 5.81. The molecule has 0 aliphatic carbocycles. The van der Waals surface area contributed by atoms with Crippen LogP contribution in [-0.4, -0.2) is 56.4 Å². The van der Waals surface area contributed by atoms with Crippen LogP contribution < -0.4 is 5.73 Å². The normalized spacial score (nSPS) is 21.5. The van der Waals surface area contributed by atoms with E-state index in [4.69, 9.17) is 15.2 Å². The first-order valence-corrected chi connectivity index (χ1v) is 6.34. The average molecular weight is 244 g/mol. The van der Waals surface area contributed by atoms with E-state index in [1.165, 1.54) is 0 Å². The maximum atomic E-state index is 12.1. The van der Waals surface area contributed by atoms with E-state index in [0.29, 0.717) is 26.1 Å². The number of carbonyl (C=O) groups excluding carboxylic acids is 1. The monoisotopic (exact) mass is 244 g/mol. The fourth-order valence-corrected chi connectivity index (χ4v) is 2.01. The van der Waals surface area contributed by atoms with Gasteiger partial charge in [0.25, 0.3) is 0 Å². The van der Waals surface area contributed by atoms with Gasteiger partial charge in [-0.1, -0.05) is 0 Å². The number of ether oxygens (including phenoxy) is 2. The Balaban J connectivity index is 2.39. The Morgan fingerprint density at radius 2 is 2.41 bits per heavy atom. The summed E-state index contributed by atoms with van der Waals surface area (Å²) in [4.78, 5) is 13.8. The third kappa shape index (κ3) is 4.61. The van der Waals surface area contributed by atoms with Gasteiger partial charge in [0.05, 0.1) is 12.1 Å². The van der Waals surface area contributed by atoms with Crippen LogP contribution in [0.4, 0.5) is 0 Å². The van der Waals surface area contributed by atoms with Gasteiger partial charge in [-0.15, -0.1) is 0 Å². The number of methoxy groups -OCH3 is 1. The number of likely N-dealkylation sites (N-methyl/N-ethyl adjacent to an activating group) is 1. The zero-order valence-electron chi connectivity index (χ0n) is 10.9. The van der Waals surface area contributed by atoms with E-state index < -0.39 is 6.04 Å². The molecule has 1 fully saturated rings. The van der Waals surface area contributed by atoms with Crippen LogP contribution in [0.3, 0.4) is 0 Å². The highest BCUT2D eigenvalue weighted by Crippen LogP contribution is 2.13. The quantitative estimate of drug-likeness (QED) is 0.703. The highest BCUT2D eigenvalue weighted by atomic mass is 16.5. The Bertz CT molecular complexity index is 230. The van der Waals surface area contributed by atoms with Crippen molar-refractivity contribution in [2.24, 2.45) is 5.73 Å². The first-order valence-electron chi connectivity index (χ1n) is 6.34. The Morgan fingerprint density at radius 1 is 1.65 bits per heavy atom. The minimum Gasteiger partial charge on any atom is -0.385 e. The number of amides is 1. The lowest BCUT2D eigenvalue weighted by Gasteiger charge is -2.26. The second-order valence-electron chi connectivity index (χ2n) is 4.40. The Hall–Kier alpha value is -0.650. The fraction of sp³-hybridized carbons (Fsp3) is 0.917. The van der Waals surface area contributed by atoms with Crippen molar-refractivity contribution in [2.45, 2.75) is 38.3 Å². The fourth-order valence-electron chi connectivity index (χ4n) is 2.01. The predicted molar refractivity (Wildman–Crippen MR) is 65.7 cm³/mol. The molecule has 0 spiro atoms. The zero-order valence-corrected chi connectivity index (χ0v) is 10.9. The van der Waals surface area contributed by atoms with E-state index in [0.717, 1.165) is 19.4 Å². The molecule has 1 saturated heterocycles. The van der Waals surface area contributed by atoms with Gasteiger partial charge in [-0.3, -0.25) is 4.79 Å². The molecule has 0 aromatic carbocycles. The van der Waals surface area contributed by atoms with Crippen LogP contribution in [0, 0.1) is 0 Å². The molecule has 0 bridgehead atoms. The van der Waals surface area contributed by atoms with E-state index in [1.54, 1.807) is 12.0 Å². The van der Waals surface area contributed by atoms with Gasteiger partial charge in [-0.05, 0) is 26.2 Å². The molecule has 0 radical (unpaired) electrons. The Morgan fingerprint density at radius 3 is 2.94 bits per heavy atom. The second kappa shape index (κ2) is 7.63. The summed E-state index contributed by atoms with van der Waals surface area (Å²) in [5, 5.41) is 0. The van der Waals surface area contributed by atoms with Crippen LogP contribution in [0.5, 0.6) is 0 Å². The molecule has 1 amide bonds. The lowest BCUT2D eigenvalue weighted by Crippen LogP contribution is -2.46. The van der Waals surface area contributed by atoms with E-state index >= 15 is 0 Å². The molecule has 2 unspecified atom stereocenters. The van der Waals surface area contributed by atoms with Crippen molar-refractivity contribution < 1.29 is 14.3 Å². The third-order valence-electron chi connectivity index (χ3n) is 3.09. The van der Waals surface area contributed by atoms with Gasteiger partial charge >= 0.3 is 0 Å². The SMILES string of the molecule is CCN(CC1CCCO1)C(=O)C(N)CCOC. The van der Waals surface area contributed by atoms with Crippen molar-refractivity contribution in [1.29, 1.82) is 0 Å². The number of hydrogen-bond donors (Lipinski definition) is 1. The summed E-state index contributed by atoms with van der Waals surface area (Å²) in [6.45, 7) is 4.64. The molecule has 0 saturated carbocycles. The van der Waals surface area contributed by atoms with E-state index in [2.05, 4.69) is 0 Å². The van der Waals surface area contributed by atoms with Crippen molar-refractivity contribution in [3.8, 4) is 0 Å². The smallest absolute Gasteiger partial charge is 0.239 e. The summed E-state index contributed by atoms with van der Waals surface area (Å²) >= 11 is 0. The third-order valence-corrected chi connectivity index (χ3v) is 3.09. The summed E-state index contributed by atoms with van der Waals surface area (Å²) in [6, 6.07) is -0.462. The van der Waals surface area contributed by atoms with Crippen molar-refractivity contribution in [3.05, 3.63) is 0 Å². The zero-order chi connectivity index (χ0) is 12.7. The van der Waals surface area contributed by atoms with Gasteiger partial charge in [0.2, 0.25) is 5.91 Å². The van der Waals surface area contributed by atoms with Crippen LogP contribution in [-0.2, 0) is 14.3 Å². The molecule has 1 aliphatic heterocycles. The topological polar surface area (TPSA) is 64.8 Å². The molecule has 0 aromatic rings. The first kappa shape index (κ1) is 14.4. The van der Waals surface area contributed by atoms with Crippen molar-refractivity contribution in [2.75, 3.05) is 33.4 Å². The Labute approximate surface area is 103 Å². The highest BCUT2D eigenvalue weighted by Gasteiger charge is 2.24. The van der Waals surface area contributed by atoms with Crippen molar-refractivity contribution in [1.82, 2.24) is 4.90 Å². The largest absolute Gasteiger partial charge is 0.385 e. The van der Waals surface area contributed by atoms with Gasteiger partial charge < -0.3 is 20.1 Å². The summed E-state index contributed by atoms with van der Waals surface area (Å²) < 4.78 is 10.5. The van der Waals surface area contributed by atoms with Crippen LogP contribution in [0.25, 0.3) is 0 Å². The molecule has 1 aliphatic rings. The summed E-state index contributed by atoms with van der Waals surface area (Å²) in [6.07, 6.45) is 2.88. The summed E-state index contributed by atoms with van der Waals surface area (Å²) in [7, 11) is 1.61. The van der Waals surface area contributed by atoms with Crippen LogP contribution >= 0.6 is 0 Å². The lowest BCUT2D eigenvalue weighted by atomic mass is 10.1. The van der Waals surface area contributed by atoms with Gasteiger partial charge in [0.15, 0.2) is 0 Å². The van der Waals surface area contributed by atoms with Gasteiger partial charge in [0.1, 0.15) is 0 Å². The predicted octanol–water partition coefficient (Wildman–Crippen LogP) is 0.378. The molecular formula is C12H24N2O3. The molecule has 100 valence electrons. The Kier molecular flexibility index (Phi) is 6.47. The van der Waals surface area contributed by atoms with Crippen LogP contribution in [0.2, 0.25) is 0 Å². The van der Waals surface area contributed by atoms with Crippen LogP contribution in [0.1, 0.15) is 26.2 Å². The van der Waals surface area contributed by atoms with Gasteiger partial charge in [-0.2, -0.15) is 0 Å². The maximum absolute atomic E-state index is 12.1. The lowest BCUT2D eigenvalue weighted by molar-refractivity contribution is -0.134. The first-order chi connectivity index (χ1) is 8.19. The molecule has 17 heavy (non-hydrogen) atoms. The van der Waals surface area contributed by atoms with E-state index in [-0.39, 0.29) is 12.0 Å². The molecule has 5 nitrogen and oxygen atoms in total. The minimum atomic E-state index is -0.462. The molecule has 5 heteroatoms. The minimum absolute atomic E-state index is 0.0000463. The average Bonchev–Trinajstić information content (AvgIpc) is 2.84. The van der Waals surface area contributed by atoms with Gasteiger partial charge in [-0.25, -0.2) is 0 Å². The number of carbonyl (C=O) groups is 1. The maximum Gasteiger partial charge on any atom is 0.239 e. The number of hydrogen-bond acceptors (Lipinski definition) is 4. The molecule has 1 rings (SSSR count). The standard InChI is InChI=1S/C12H24N2O3/c1-3-14(9-10-5-4-7-17-10)12(15)11(13)6-8-16-2/h10-11H,3-9,13H2,1-2H3. The molecule has 2 N–H and O–H groups in total. The van der Waals surface area contributed by atoms with Gasteiger partial charge in [0, 0.05) is 33.4 Å². The molecule has 2 atom stereocenters. The number of nitrogens with two attached hydrogens (primary N) is 1. The summed E-state index contributed by atoms with van der Waals surface area (Å²) in [5.74, 6) is 0.0000463. The molecular weight excluding hydrogens is 220 g/mol.